The van der Waals surface area contributed by atoms with Gasteiger partial charge in [-0.05, 0) is 49.6 Å². The third kappa shape index (κ3) is 4.40. The summed E-state index contributed by atoms with van der Waals surface area (Å²) in [7, 11) is 1.65. The highest BCUT2D eigenvalue weighted by atomic mass is 16.5. The fourth-order valence-electron chi connectivity index (χ4n) is 3.42. The van der Waals surface area contributed by atoms with Crippen LogP contribution in [0.15, 0.2) is 54.6 Å². The van der Waals surface area contributed by atoms with Gasteiger partial charge in [-0.2, -0.15) is 0 Å². The van der Waals surface area contributed by atoms with Gasteiger partial charge in [-0.25, -0.2) is 0 Å². The zero-order chi connectivity index (χ0) is 17.6. The van der Waals surface area contributed by atoms with Crippen molar-refractivity contribution in [1.82, 2.24) is 10.2 Å². The minimum Gasteiger partial charge on any atom is -0.497 e. The summed E-state index contributed by atoms with van der Waals surface area (Å²) in [5, 5.41) is 3.17. The normalized spacial score (nSPS) is 18.7. The first kappa shape index (κ1) is 17.5. The van der Waals surface area contributed by atoms with E-state index in [0.29, 0.717) is 0 Å². The van der Waals surface area contributed by atoms with Crippen molar-refractivity contribution in [2.45, 2.75) is 38.4 Å². The Morgan fingerprint density at radius 2 is 1.92 bits per heavy atom. The topological polar surface area (TPSA) is 41.6 Å². The third-order valence-corrected chi connectivity index (χ3v) is 4.87. The maximum Gasteiger partial charge on any atom is 0.237 e. The lowest BCUT2D eigenvalue weighted by Gasteiger charge is -2.25. The molecule has 2 aromatic rings. The Hall–Kier alpha value is -2.33. The molecular weight excluding hydrogens is 312 g/mol. The first-order valence-electron chi connectivity index (χ1n) is 8.89. The number of nitrogens with one attached hydrogen (secondary N) is 1. The second-order valence-corrected chi connectivity index (χ2v) is 6.62. The number of ether oxygens (including phenoxy) is 1. The minimum absolute atomic E-state index is 0.0161. The molecule has 0 aliphatic carbocycles. The molecule has 1 aliphatic rings. The summed E-state index contributed by atoms with van der Waals surface area (Å²) in [6.45, 7) is 3.83. The van der Waals surface area contributed by atoms with Gasteiger partial charge < -0.3 is 10.1 Å². The van der Waals surface area contributed by atoms with Gasteiger partial charge in [-0.3, -0.25) is 9.69 Å². The van der Waals surface area contributed by atoms with Crippen LogP contribution < -0.4 is 10.1 Å². The van der Waals surface area contributed by atoms with E-state index in [-0.39, 0.29) is 18.0 Å². The number of benzene rings is 2. The van der Waals surface area contributed by atoms with E-state index in [0.717, 1.165) is 37.2 Å². The molecule has 1 saturated heterocycles. The minimum atomic E-state index is -0.0408. The van der Waals surface area contributed by atoms with E-state index in [1.807, 2.05) is 49.4 Å². The molecule has 1 fully saturated rings. The molecule has 0 saturated carbocycles. The van der Waals surface area contributed by atoms with E-state index in [1.54, 1.807) is 7.11 Å². The van der Waals surface area contributed by atoms with Crippen molar-refractivity contribution < 1.29 is 9.53 Å². The van der Waals surface area contributed by atoms with Crippen LogP contribution >= 0.6 is 0 Å². The van der Waals surface area contributed by atoms with Crippen LogP contribution in [0, 0.1) is 0 Å². The monoisotopic (exact) mass is 338 g/mol. The summed E-state index contributed by atoms with van der Waals surface area (Å²) in [4.78, 5) is 15.1. The number of rotatable bonds is 6. The molecular formula is C21H26N2O2. The number of amides is 1. The average Bonchev–Trinajstić information content (AvgIpc) is 3.11. The van der Waals surface area contributed by atoms with Crippen molar-refractivity contribution in [2.24, 2.45) is 0 Å². The predicted octanol–water partition coefficient (Wildman–Crippen LogP) is 3.54. The lowest BCUT2D eigenvalue weighted by Crippen LogP contribution is -2.43. The van der Waals surface area contributed by atoms with E-state index >= 15 is 0 Å². The molecule has 25 heavy (non-hydrogen) atoms. The number of carbonyl (C=O) groups is 1. The van der Waals surface area contributed by atoms with Crippen LogP contribution in [0.1, 0.15) is 36.9 Å². The fraction of sp³-hybridized carbons (Fsp3) is 0.381. The summed E-state index contributed by atoms with van der Waals surface area (Å²) in [5.74, 6) is 0.948. The maximum atomic E-state index is 12.8. The molecule has 0 bridgehead atoms. The fourth-order valence-corrected chi connectivity index (χ4v) is 3.42. The van der Waals surface area contributed by atoms with Gasteiger partial charge in [0.05, 0.1) is 19.2 Å². The van der Waals surface area contributed by atoms with E-state index in [9.17, 15) is 4.79 Å². The summed E-state index contributed by atoms with van der Waals surface area (Å²) < 4.78 is 5.19. The van der Waals surface area contributed by atoms with Crippen LogP contribution in [0.4, 0.5) is 0 Å². The van der Waals surface area contributed by atoms with Crippen LogP contribution in [0.3, 0.4) is 0 Å². The van der Waals surface area contributed by atoms with Gasteiger partial charge in [-0.15, -0.1) is 0 Å². The van der Waals surface area contributed by atoms with Crippen molar-refractivity contribution in [3.8, 4) is 5.75 Å². The van der Waals surface area contributed by atoms with Crippen LogP contribution in [-0.2, 0) is 11.3 Å². The van der Waals surface area contributed by atoms with Crippen LogP contribution in [0.25, 0.3) is 0 Å². The van der Waals surface area contributed by atoms with Gasteiger partial charge in [-0.1, -0.05) is 42.5 Å². The molecule has 132 valence electrons. The lowest BCUT2D eigenvalue weighted by atomic mass is 10.1. The van der Waals surface area contributed by atoms with E-state index in [4.69, 9.17) is 4.74 Å². The largest absolute Gasteiger partial charge is 0.497 e. The molecule has 1 heterocycles. The number of hydrogen-bond donors (Lipinski definition) is 1. The predicted molar refractivity (Wildman–Crippen MR) is 99.4 cm³/mol. The third-order valence-electron chi connectivity index (χ3n) is 4.87. The summed E-state index contributed by atoms with van der Waals surface area (Å²) in [6.07, 6.45) is 2.00. The Balaban J connectivity index is 1.60. The van der Waals surface area contributed by atoms with Crippen molar-refractivity contribution in [3.05, 3.63) is 65.7 Å². The Kier molecular flexibility index (Phi) is 5.71. The van der Waals surface area contributed by atoms with Crippen LogP contribution in [-0.4, -0.2) is 30.5 Å². The average molecular weight is 338 g/mol. The molecule has 0 aromatic heterocycles. The first-order chi connectivity index (χ1) is 12.2. The molecule has 0 radical (unpaired) electrons. The van der Waals surface area contributed by atoms with Gasteiger partial charge in [0.15, 0.2) is 0 Å². The highest BCUT2D eigenvalue weighted by molar-refractivity contribution is 5.82. The zero-order valence-electron chi connectivity index (χ0n) is 14.9. The lowest BCUT2D eigenvalue weighted by molar-refractivity contribution is -0.126. The smallest absolute Gasteiger partial charge is 0.237 e. The molecule has 1 aliphatic heterocycles. The number of likely N-dealkylation sites (tertiary alicyclic amines) is 1. The van der Waals surface area contributed by atoms with Crippen LogP contribution in [0.2, 0.25) is 0 Å². The summed E-state index contributed by atoms with van der Waals surface area (Å²) in [6, 6.07) is 18.1. The van der Waals surface area contributed by atoms with Gasteiger partial charge in [0.25, 0.3) is 0 Å². The molecule has 2 atom stereocenters. The van der Waals surface area contributed by atoms with Crippen molar-refractivity contribution >= 4 is 5.91 Å². The molecule has 4 heteroatoms. The highest BCUT2D eigenvalue weighted by Crippen LogP contribution is 2.22. The number of methoxy groups -OCH3 is 1. The molecule has 2 aromatic carbocycles. The van der Waals surface area contributed by atoms with Crippen molar-refractivity contribution in [2.75, 3.05) is 13.7 Å². The Labute approximate surface area is 149 Å². The van der Waals surface area contributed by atoms with Gasteiger partial charge in [0.1, 0.15) is 5.75 Å². The molecule has 3 rings (SSSR count). The Bertz CT molecular complexity index is 685. The second kappa shape index (κ2) is 8.17. The summed E-state index contributed by atoms with van der Waals surface area (Å²) in [5.41, 5.74) is 2.34. The number of nitrogens with zero attached hydrogens (tertiary/aromatic N) is 1. The van der Waals surface area contributed by atoms with Gasteiger partial charge in [0, 0.05) is 6.54 Å². The van der Waals surface area contributed by atoms with E-state index < -0.39 is 0 Å². The SMILES string of the molecule is COc1ccc(C(C)NC(=O)C2CCCN2Cc2ccccc2)cc1. The van der Waals surface area contributed by atoms with E-state index in [1.165, 1.54) is 5.56 Å². The Morgan fingerprint density at radius 3 is 2.60 bits per heavy atom. The van der Waals surface area contributed by atoms with Gasteiger partial charge >= 0.3 is 0 Å². The molecule has 0 spiro atoms. The van der Waals surface area contributed by atoms with Crippen molar-refractivity contribution in [3.63, 3.8) is 0 Å². The Morgan fingerprint density at radius 1 is 1.20 bits per heavy atom. The zero-order valence-corrected chi connectivity index (χ0v) is 14.9. The standard InChI is InChI=1S/C21H26N2O2/c1-16(18-10-12-19(25-2)13-11-18)22-21(24)20-9-6-14-23(20)15-17-7-4-3-5-8-17/h3-5,7-8,10-13,16,20H,6,9,14-15H2,1-2H3,(H,22,24). The summed E-state index contributed by atoms with van der Waals surface area (Å²) >= 11 is 0. The highest BCUT2D eigenvalue weighted by Gasteiger charge is 2.31. The second-order valence-electron chi connectivity index (χ2n) is 6.62. The maximum absolute atomic E-state index is 12.8. The van der Waals surface area contributed by atoms with Crippen molar-refractivity contribution in [1.29, 1.82) is 0 Å². The quantitative estimate of drug-likeness (QED) is 0.876. The molecule has 4 nitrogen and oxygen atoms in total. The molecule has 1 amide bonds. The number of carbonyl (C=O) groups excluding carboxylic acids is 1. The van der Waals surface area contributed by atoms with Crippen LogP contribution in [0.5, 0.6) is 5.75 Å². The first-order valence-corrected chi connectivity index (χ1v) is 8.89. The van der Waals surface area contributed by atoms with E-state index in [2.05, 4.69) is 22.3 Å². The molecule has 2 unspecified atom stereocenters. The van der Waals surface area contributed by atoms with Gasteiger partial charge in [0.2, 0.25) is 5.91 Å². The number of hydrogen-bond acceptors (Lipinski definition) is 3. The molecule has 1 N–H and O–H groups in total.